The number of hydrogen-bond donors (Lipinski definition) is 0. The average Bonchev–Trinajstić information content (AvgIpc) is 3.12. The SMILES string of the molecule is CS(=O)(=O)c1ccc2c(c1)CCN2c1cc(OC2CCN(C(=O)OC3CCCCCC3)CC2)ncn1. The summed E-state index contributed by atoms with van der Waals surface area (Å²) in [6.45, 7) is 1.92. The van der Waals surface area contributed by atoms with Gasteiger partial charge in [-0.25, -0.2) is 23.2 Å². The van der Waals surface area contributed by atoms with Crippen LogP contribution >= 0.6 is 0 Å². The summed E-state index contributed by atoms with van der Waals surface area (Å²) in [6, 6.07) is 7.05. The molecule has 0 atom stereocenters. The second kappa shape index (κ2) is 10.6. The molecule has 3 aliphatic rings. The Morgan fingerprint density at radius 2 is 1.69 bits per heavy atom. The number of ether oxygens (including phenoxy) is 2. The second-order valence-corrected chi connectivity index (χ2v) is 12.0. The number of aromatic nitrogens is 2. The summed E-state index contributed by atoms with van der Waals surface area (Å²) >= 11 is 0. The number of piperidine rings is 1. The minimum absolute atomic E-state index is 0.0298. The van der Waals surface area contributed by atoms with E-state index >= 15 is 0 Å². The third-order valence-electron chi connectivity index (χ3n) is 7.34. The van der Waals surface area contributed by atoms with E-state index in [1.165, 1.54) is 25.4 Å². The van der Waals surface area contributed by atoms with Crippen molar-refractivity contribution in [2.45, 2.75) is 74.9 Å². The average molecular weight is 515 g/mol. The largest absolute Gasteiger partial charge is 0.474 e. The minimum Gasteiger partial charge on any atom is -0.474 e. The minimum atomic E-state index is -3.24. The van der Waals surface area contributed by atoms with Crippen molar-refractivity contribution in [3.05, 3.63) is 36.2 Å². The van der Waals surface area contributed by atoms with Crippen molar-refractivity contribution in [2.75, 3.05) is 30.8 Å². The Bertz CT molecular complexity index is 1190. The lowest BCUT2D eigenvalue weighted by molar-refractivity contribution is 0.0366. The van der Waals surface area contributed by atoms with E-state index in [9.17, 15) is 13.2 Å². The van der Waals surface area contributed by atoms with Crippen molar-refractivity contribution in [1.82, 2.24) is 14.9 Å². The third kappa shape index (κ3) is 5.74. The fraction of sp³-hybridized carbons (Fsp3) is 0.577. The summed E-state index contributed by atoms with van der Waals surface area (Å²) < 4.78 is 35.7. The molecule has 194 valence electrons. The highest BCUT2D eigenvalue weighted by Crippen LogP contribution is 2.35. The van der Waals surface area contributed by atoms with E-state index in [1.54, 1.807) is 17.0 Å². The number of carbonyl (C=O) groups is 1. The second-order valence-electron chi connectivity index (χ2n) is 9.98. The molecule has 1 aliphatic carbocycles. The highest BCUT2D eigenvalue weighted by molar-refractivity contribution is 7.90. The van der Waals surface area contributed by atoms with Gasteiger partial charge in [0.15, 0.2) is 9.84 Å². The molecule has 1 amide bonds. The number of amides is 1. The lowest BCUT2D eigenvalue weighted by Crippen LogP contribution is -2.43. The molecule has 9 nitrogen and oxygen atoms in total. The summed E-state index contributed by atoms with van der Waals surface area (Å²) in [4.78, 5) is 25.5. The van der Waals surface area contributed by atoms with Crippen LogP contribution in [0.2, 0.25) is 0 Å². The summed E-state index contributed by atoms with van der Waals surface area (Å²) in [7, 11) is -3.24. The van der Waals surface area contributed by atoms with Crippen molar-refractivity contribution in [2.24, 2.45) is 0 Å². The van der Waals surface area contributed by atoms with Crippen molar-refractivity contribution in [1.29, 1.82) is 0 Å². The molecular formula is C26H34N4O5S. The zero-order valence-corrected chi connectivity index (χ0v) is 21.6. The van der Waals surface area contributed by atoms with Gasteiger partial charge < -0.3 is 19.3 Å². The van der Waals surface area contributed by atoms with Crippen LogP contribution < -0.4 is 9.64 Å². The molecule has 5 rings (SSSR count). The number of sulfone groups is 1. The maximum absolute atomic E-state index is 12.6. The quantitative estimate of drug-likeness (QED) is 0.545. The maximum Gasteiger partial charge on any atom is 0.410 e. The number of benzene rings is 1. The van der Waals surface area contributed by atoms with Gasteiger partial charge in [0.05, 0.1) is 4.90 Å². The molecule has 1 saturated carbocycles. The van der Waals surface area contributed by atoms with Gasteiger partial charge in [-0.3, -0.25) is 0 Å². The first kappa shape index (κ1) is 24.8. The van der Waals surface area contributed by atoms with Crippen LogP contribution in [0.5, 0.6) is 5.88 Å². The van der Waals surface area contributed by atoms with Crippen LogP contribution in [0.1, 0.15) is 56.9 Å². The Hall–Kier alpha value is -2.88. The first-order valence-corrected chi connectivity index (χ1v) is 14.8. The van der Waals surface area contributed by atoms with Crippen LogP contribution in [0.15, 0.2) is 35.5 Å². The van der Waals surface area contributed by atoms with E-state index < -0.39 is 9.84 Å². The molecule has 10 heteroatoms. The monoisotopic (exact) mass is 514 g/mol. The fourth-order valence-electron chi connectivity index (χ4n) is 5.29. The topological polar surface area (TPSA) is 102 Å². The van der Waals surface area contributed by atoms with Crippen LogP contribution in [0.3, 0.4) is 0 Å². The maximum atomic E-state index is 12.6. The summed E-state index contributed by atoms with van der Waals surface area (Å²) in [5.74, 6) is 1.22. The highest BCUT2D eigenvalue weighted by atomic mass is 32.2. The molecule has 36 heavy (non-hydrogen) atoms. The molecule has 0 bridgehead atoms. The van der Waals surface area contributed by atoms with Crippen molar-refractivity contribution in [3.63, 3.8) is 0 Å². The molecule has 3 heterocycles. The Labute approximate surface area is 212 Å². The molecule has 1 aromatic heterocycles. The fourth-order valence-corrected chi connectivity index (χ4v) is 5.96. The van der Waals surface area contributed by atoms with E-state index in [1.807, 2.05) is 12.1 Å². The smallest absolute Gasteiger partial charge is 0.410 e. The molecule has 0 unspecified atom stereocenters. The number of hydrogen-bond acceptors (Lipinski definition) is 8. The lowest BCUT2D eigenvalue weighted by Gasteiger charge is -2.32. The van der Waals surface area contributed by atoms with Gasteiger partial charge in [-0.2, -0.15) is 0 Å². The molecule has 1 aromatic carbocycles. The van der Waals surface area contributed by atoms with Gasteiger partial charge in [0.2, 0.25) is 5.88 Å². The third-order valence-corrected chi connectivity index (χ3v) is 8.45. The van der Waals surface area contributed by atoms with E-state index in [0.29, 0.717) is 30.4 Å². The Balaban J connectivity index is 1.17. The summed E-state index contributed by atoms with van der Waals surface area (Å²) in [5, 5.41) is 0. The first-order chi connectivity index (χ1) is 17.4. The standard InChI is InChI=1S/C26H34N4O5S/c1-36(32,33)22-8-9-23-19(16-22)10-15-30(23)24-17-25(28-18-27-24)34-21-11-13-29(14-12-21)26(31)35-20-6-4-2-3-5-7-20/h8-9,16-18,20-21H,2-7,10-15H2,1H3. The molecular weight excluding hydrogens is 480 g/mol. The predicted octanol–water partition coefficient (Wildman–Crippen LogP) is 4.28. The van der Waals surface area contributed by atoms with Gasteiger partial charge in [0.1, 0.15) is 24.4 Å². The van der Waals surface area contributed by atoms with E-state index in [2.05, 4.69) is 14.9 Å². The molecule has 2 aliphatic heterocycles. The van der Waals surface area contributed by atoms with Crippen molar-refractivity contribution < 1.29 is 22.7 Å². The number of fused-ring (bicyclic) bond motifs is 1. The molecule has 2 fully saturated rings. The predicted molar refractivity (Wildman–Crippen MR) is 135 cm³/mol. The normalized spacial score (nSPS) is 19.6. The zero-order chi connectivity index (χ0) is 25.1. The van der Waals surface area contributed by atoms with Crippen LogP contribution in [-0.4, -0.2) is 67.5 Å². The molecule has 0 spiro atoms. The Morgan fingerprint density at radius 1 is 0.944 bits per heavy atom. The molecule has 2 aromatic rings. The van der Waals surface area contributed by atoms with Gasteiger partial charge in [-0.15, -0.1) is 0 Å². The van der Waals surface area contributed by atoms with Crippen LogP contribution in [-0.2, 0) is 21.0 Å². The van der Waals surface area contributed by atoms with Gasteiger partial charge in [-0.05, 0) is 55.9 Å². The molecule has 0 N–H and O–H groups in total. The number of carbonyl (C=O) groups excluding carboxylic acids is 1. The Kier molecular flexibility index (Phi) is 7.32. The molecule has 1 saturated heterocycles. The number of nitrogens with zero attached hydrogens (tertiary/aromatic N) is 4. The van der Waals surface area contributed by atoms with E-state index in [0.717, 1.165) is 62.0 Å². The lowest BCUT2D eigenvalue weighted by atomic mass is 10.1. The van der Waals surface area contributed by atoms with E-state index in [-0.39, 0.29) is 18.3 Å². The van der Waals surface area contributed by atoms with Crippen molar-refractivity contribution in [3.8, 4) is 5.88 Å². The van der Waals surface area contributed by atoms with Gasteiger partial charge >= 0.3 is 6.09 Å². The Morgan fingerprint density at radius 3 is 2.42 bits per heavy atom. The van der Waals surface area contributed by atoms with Gasteiger partial charge in [-0.1, -0.05) is 12.8 Å². The molecule has 0 radical (unpaired) electrons. The first-order valence-electron chi connectivity index (χ1n) is 12.9. The number of likely N-dealkylation sites (tertiary alicyclic amines) is 1. The highest BCUT2D eigenvalue weighted by Gasteiger charge is 2.28. The van der Waals surface area contributed by atoms with Crippen LogP contribution in [0.4, 0.5) is 16.3 Å². The zero-order valence-electron chi connectivity index (χ0n) is 20.8. The van der Waals surface area contributed by atoms with E-state index in [4.69, 9.17) is 9.47 Å². The van der Waals surface area contributed by atoms with Gasteiger partial charge in [0.25, 0.3) is 0 Å². The number of anilines is 2. The summed E-state index contributed by atoms with van der Waals surface area (Å²) in [5.41, 5.74) is 1.94. The van der Waals surface area contributed by atoms with Gasteiger partial charge in [0, 0.05) is 50.5 Å². The van der Waals surface area contributed by atoms with Crippen LogP contribution in [0, 0.1) is 0 Å². The number of rotatable bonds is 5. The van der Waals surface area contributed by atoms with Crippen LogP contribution in [0.25, 0.3) is 0 Å². The van der Waals surface area contributed by atoms with Crippen molar-refractivity contribution >= 4 is 27.4 Å². The summed E-state index contributed by atoms with van der Waals surface area (Å²) in [6.07, 6.45) is 11.4.